The average Bonchev–Trinajstić information content (AvgIpc) is 2.59. The molecule has 0 aromatic carbocycles. The second kappa shape index (κ2) is 5.37. The SMILES string of the molecule is FC(F)(F)COCCn1cnc(CCl)c1. The van der Waals surface area contributed by atoms with E-state index in [1.165, 1.54) is 6.33 Å². The van der Waals surface area contributed by atoms with E-state index in [4.69, 9.17) is 11.6 Å². The van der Waals surface area contributed by atoms with E-state index in [0.717, 1.165) is 0 Å². The van der Waals surface area contributed by atoms with Gasteiger partial charge in [-0.25, -0.2) is 4.98 Å². The molecule has 0 aliphatic rings. The predicted molar refractivity (Wildman–Crippen MR) is 48.7 cm³/mol. The molecule has 0 spiro atoms. The largest absolute Gasteiger partial charge is 0.411 e. The molecule has 7 heteroatoms. The van der Waals surface area contributed by atoms with E-state index in [-0.39, 0.29) is 12.5 Å². The molecule has 86 valence electrons. The summed E-state index contributed by atoms with van der Waals surface area (Å²) in [6.45, 7) is -0.887. The normalized spacial score (nSPS) is 12.0. The lowest BCUT2D eigenvalue weighted by Crippen LogP contribution is -2.18. The summed E-state index contributed by atoms with van der Waals surface area (Å²) in [6.07, 6.45) is -1.09. The van der Waals surface area contributed by atoms with Crippen LogP contribution in [0.5, 0.6) is 0 Å². The third-order valence-corrected chi connectivity index (χ3v) is 1.86. The van der Waals surface area contributed by atoms with E-state index in [9.17, 15) is 13.2 Å². The molecular formula is C8H10ClF3N2O. The topological polar surface area (TPSA) is 27.1 Å². The Hall–Kier alpha value is -0.750. The van der Waals surface area contributed by atoms with Gasteiger partial charge in [-0.3, -0.25) is 0 Å². The van der Waals surface area contributed by atoms with E-state index in [1.807, 2.05) is 0 Å². The summed E-state index contributed by atoms with van der Waals surface area (Å²) in [5, 5.41) is 0. The van der Waals surface area contributed by atoms with Gasteiger partial charge in [-0.2, -0.15) is 13.2 Å². The maximum atomic E-state index is 11.7. The van der Waals surface area contributed by atoms with Crippen LogP contribution >= 0.6 is 11.6 Å². The molecule has 15 heavy (non-hydrogen) atoms. The third kappa shape index (κ3) is 5.03. The van der Waals surface area contributed by atoms with E-state index in [2.05, 4.69) is 9.72 Å². The van der Waals surface area contributed by atoms with Crippen molar-refractivity contribution in [2.24, 2.45) is 0 Å². The van der Waals surface area contributed by atoms with Crippen LogP contribution in [0.3, 0.4) is 0 Å². The van der Waals surface area contributed by atoms with Crippen molar-refractivity contribution in [1.82, 2.24) is 9.55 Å². The van der Waals surface area contributed by atoms with Crippen LogP contribution in [0.1, 0.15) is 5.69 Å². The molecule has 0 amide bonds. The smallest absolute Gasteiger partial charge is 0.370 e. The highest BCUT2D eigenvalue weighted by Crippen LogP contribution is 2.14. The number of rotatable bonds is 5. The van der Waals surface area contributed by atoms with Crippen LogP contribution in [0, 0.1) is 0 Å². The Morgan fingerprint density at radius 1 is 1.47 bits per heavy atom. The second-order valence-electron chi connectivity index (χ2n) is 2.90. The lowest BCUT2D eigenvalue weighted by Gasteiger charge is -2.07. The van der Waals surface area contributed by atoms with Crippen molar-refractivity contribution in [3.8, 4) is 0 Å². The van der Waals surface area contributed by atoms with Crippen LogP contribution < -0.4 is 0 Å². The number of alkyl halides is 4. The third-order valence-electron chi connectivity index (χ3n) is 1.58. The van der Waals surface area contributed by atoms with Crippen molar-refractivity contribution in [3.63, 3.8) is 0 Å². The van der Waals surface area contributed by atoms with Gasteiger partial charge in [0.2, 0.25) is 0 Å². The van der Waals surface area contributed by atoms with Gasteiger partial charge in [-0.15, -0.1) is 11.6 Å². The molecule has 0 bridgehead atoms. The zero-order chi connectivity index (χ0) is 11.3. The summed E-state index contributed by atoms with van der Waals surface area (Å²) >= 11 is 5.51. The van der Waals surface area contributed by atoms with Crippen LogP contribution in [-0.2, 0) is 17.2 Å². The number of hydrogen-bond donors (Lipinski definition) is 0. The fraction of sp³-hybridized carbons (Fsp3) is 0.625. The van der Waals surface area contributed by atoms with E-state index in [0.29, 0.717) is 12.2 Å². The highest BCUT2D eigenvalue weighted by molar-refractivity contribution is 6.16. The summed E-state index contributed by atoms with van der Waals surface area (Å²) in [4.78, 5) is 3.92. The maximum absolute atomic E-state index is 11.7. The molecule has 0 saturated carbocycles. The molecule has 1 aromatic heterocycles. The summed E-state index contributed by atoms with van der Waals surface area (Å²) < 4.78 is 41.1. The molecule has 3 nitrogen and oxygen atoms in total. The van der Waals surface area contributed by atoms with Crippen LogP contribution in [0.15, 0.2) is 12.5 Å². The maximum Gasteiger partial charge on any atom is 0.411 e. The lowest BCUT2D eigenvalue weighted by molar-refractivity contribution is -0.174. The Morgan fingerprint density at radius 2 is 2.20 bits per heavy atom. The van der Waals surface area contributed by atoms with E-state index >= 15 is 0 Å². The first-order valence-corrected chi connectivity index (χ1v) is 4.76. The van der Waals surface area contributed by atoms with Gasteiger partial charge in [-0.1, -0.05) is 0 Å². The highest BCUT2D eigenvalue weighted by Gasteiger charge is 2.27. The molecule has 0 unspecified atom stereocenters. The van der Waals surface area contributed by atoms with Crippen molar-refractivity contribution < 1.29 is 17.9 Å². The van der Waals surface area contributed by atoms with Gasteiger partial charge >= 0.3 is 6.18 Å². The molecule has 0 fully saturated rings. The minimum atomic E-state index is -4.27. The second-order valence-corrected chi connectivity index (χ2v) is 3.17. The van der Waals surface area contributed by atoms with Crippen molar-refractivity contribution in [2.75, 3.05) is 13.2 Å². The fourth-order valence-corrected chi connectivity index (χ4v) is 1.09. The molecular weight excluding hydrogens is 233 g/mol. The van der Waals surface area contributed by atoms with Crippen LogP contribution in [0.2, 0.25) is 0 Å². The number of ether oxygens (including phenoxy) is 1. The van der Waals surface area contributed by atoms with Crippen LogP contribution in [0.4, 0.5) is 13.2 Å². The first kappa shape index (κ1) is 12.3. The van der Waals surface area contributed by atoms with Crippen LogP contribution in [-0.4, -0.2) is 28.9 Å². The minimum Gasteiger partial charge on any atom is -0.370 e. The summed E-state index contributed by atoms with van der Waals surface area (Å²) in [5.74, 6) is 0.288. The Morgan fingerprint density at radius 3 is 2.73 bits per heavy atom. The number of nitrogens with zero attached hydrogens (tertiary/aromatic N) is 2. The van der Waals surface area contributed by atoms with Crippen molar-refractivity contribution in [2.45, 2.75) is 18.6 Å². The highest BCUT2D eigenvalue weighted by atomic mass is 35.5. The molecule has 1 heterocycles. The van der Waals surface area contributed by atoms with Gasteiger partial charge in [-0.05, 0) is 0 Å². The van der Waals surface area contributed by atoms with Gasteiger partial charge < -0.3 is 9.30 Å². The van der Waals surface area contributed by atoms with E-state index in [1.54, 1.807) is 10.8 Å². The zero-order valence-corrected chi connectivity index (χ0v) is 8.55. The lowest BCUT2D eigenvalue weighted by atomic mass is 10.5. The Kier molecular flexibility index (Phi) is 4.41. The molecule has 0 aliphatic heterocycles. The zero-order valence-electron chi connectivity index (χ0n) is 7.80. The molecule has 0 atom stereocenters. The number of halogens is 4. The molecule has 0 N–H and O–H groups in total. The standard InChI is InChI=1S/C8H10ClF3N2O/c9-3-7-4-14(6-13-7)1-2-15-5-8(10,11)12/h4,6H,1-3,5H2. The summed E-state index contributed by atoms with van der Waals surface area (Å²) in [7, 11) is 0. The van der Waals surface area contributed by atoms with Gasteiger partial charge in [0.1, 0.15) is 6.61 Å². The van der Waals surface area contributed by atoms with Gasteiger partial charge in [0, 0.05) is 12.7 Å². The molecule has 0 radical (unpaired) electrons. The number of aromatic nitrogens is 2. The fourth-order valence-electron chi connectivity index (χ4n) is 0.956. The van der Waals surface area contributed by atoms with Gasteiger partial charge in [0.25, 0.3) is 0 Å². The summed E-state index contributed by atoms with van der Waals surface area (Å²) in [5.41, 5.74) is 0.687. The van der Waals surface area contributed by atoms with E-state index < -0.39 is 12.8 Å². The summed E-state index contributed by atoms with van der Waals surface area (Å²) in [6, 6.07) is 0. The number of hydrogen-bond acceptors (Lipinski definition) is 2. The van der Waals surface area contributed by atoms with Crippen molar-refractivity contribution >= 4 is 11.6 Å². The Bertz CT molecular complexity index is 300. The van der Waals surface area contributed by atoms with Gasteiger partial charge in [0.05, 0.1) is 24.5 Å². The monoisotopic (exact) mass is 242 g/mol. The first-order valence-electron chi connectivity index (χ1n) is 4.22. The minimum absolute atomic E-state index is 0.00239. The average molecular weight is 243 g/mol. The first-order chi connectivity index (χ1) is 7.01. The Balaban J connectivity index is 2.20. The predicted octanol–water partition coefficient (Wildman–Crippen LogP) is 2.20. The molecule has 1 rings (SSSR count). The molecule has 0 aliphatic carbocycles. The number of imidazole rings is 1. The quantitative estimate of drug-likeness (QED) is 0.585. The molecule has 0 saturated heterocycles. The van der Waals surface area contributed by atoms with Crippen molar-refractivity contribution in [3.05, 3.63) is 18.2 Å². The van der Waals surface area contributed by atoms with Gasteiger partial charge in [0.15, 0.2) is 0 Å². The Labute approximate surface area is 89.8 Å². The molecule has 1 aromatic rings. The van der Waals surface area contributed by atoms with Crippen molar-refractivity contribution in [1.29, 1.82) is 0 Å². The van der Waals surface area contributed by atoms with Crippen LogP contribution in [0.25, 0.3) is 0 Å².